The fraction of sp³-hybridized carbons (Fsp3) is 0.300. The number of benzene rings is 1. The second kappa shape index (κ2) is 8.27. The number of hydrogen-bond donors (Lipinski definition) is 1. The summed E-state index contributed by atoms with van der Waals surface area (Å²) in [7, 11) is 0. The number of imidazole rings is 1. The summed E-state index contributed by atoms with van der Waals surface area (Å²) in [6, 6.07) is 9.90. The molecule has 10 nitrogen and oxygen atoms in total. The molecule has 1 aromatic carbocycles. The Balaban J connectivity index is 1.45. The van der Waals surface area contributed by atoms with Gasteiger partial charge in [-0.05, 0) is 38.0 Å². The van der Waals surface area contributed by atoms with Crippen LogP contribution in [0.25, 0.3) is 5.82 Å². The molecule has 1 unspecified atom stereocenters. The predicted octanol–water partition coefficient (Wildman–Crippen LogP) is 2.73. The number of piperidine rings is 1. The van der Waals surface area contributed by atoms with Crippen molar-refractivity contribution in [2.45, 2.75) is 19.8 Å². The van der Waals surface area contributed by atoms with Crippen molar-refractivity contribution in [3.63, 3.8) is 0 Å². The number of nitrogens with zero attached hydrogens (tertiary/aromatic N) is 6. The lowest BCUT2D eigenvalue weighted by Gasteiger charge is -2.32. The van der Waals surface area contributed by atoms with Gasteiger partial charge in [0.2, 0.25) is 5.91 Å². The third kappa shape index (κ3) is 3.97. The van der Waals surface area contributed by atoms with Crippen LogP contribution in [0.3, 0.4) is 0 Å². The van der Waals surface area contributed by atoms with Crippen LogP contribution in [0.4, 0.5) is 17.2 Å². The number of nitro groups is 1. The van der Waals surface area contributed by atoms with Gasteiger partial charge in [0.15, 0.2) is 11.6 Å². The van der Waals surface area contributed by atoms with E-state index in [4.69, 9.17) is 0 Å². The minimum absolute atomic E-state index is 0.116. The molecule has 10 heteroatoms. The van der Waals surface area contributed by atoms with Crippen LogP contribution in [0.15, 0.2) is 48.8 Å². The lowest BCUT2D eigenvalue weighted by atomic mass is 9.97. The molecule has 0 spiro atoms. The SMILES string of the molecule is Cc1nccn1-c1ccc(N2CCCC(C(=O)Nc3ccccc3[N+](=O)[O-])C2)nn1. The summed E-state index contributed by atoms with van der Waals surface area (Å²) in [5, 5.41) is 22.5. The largest absolute Gasteiger partial charge is 0.354 e. The van der Waals surface area contributed by atoms with E-state index in [9.17, 15) is 14.9 Å². The molecule has 1 fully saturated rings. The zero-order valence-electron chi connectivity index (χ0n) is 16.4. The molecule has 3 aromatic rings. The molecule has 1 aliphatic heterocycles. The standard InChI is InChI=1S/C20H21N7O3/c1-14-21-10-12-26(14)19-9-8-18(23-24-19)25-11-4-5-15(13-25)20(28)22-16-6-2-3-7-17(16)27(29)30/h2-3,6-10,12,15H,4-5,11,13H2,1H3,(H,22,28). The summed E-state index contributed by atoms with van der Waals surface area (Å²) in [5.74, 6) is 1.67. The van der Waals surface area contributed by atoms with Crippen LogP contribution in [0.1, 0.15) is 18.7 Å². The average Bonchev–Trinajstić information content (AvgIpc) is 3.20. The predicted molar refractivity (Wildman–Crippen MR) is 111 cm³/mol. The van der Waals surface area contributed by atoms with Crippen molar-refractivity contribution in [1.29, 1.82) is 0 Å². The summed E-state index contributed by atoms with van der Waals surface area (Å²) >= 11 is 0. The van der Waals surface area contributed by atoms with Gasteiger partial charge < -0.3 is 10.2 Å². The van der Waals surface area contributed by atoms with E-state index < -0.39 is 4.92 Å². The lowest BCUT2D eigenvalue weighted by Crippen LogP contribution is -2.41. The minimum Gasteiger partial charge on any atom is -0.354 e. The number of aromatic nitrogens is 4. The van der Waals surface area contributed by atoms with Gasteiger partial charge in [-0.15, -0.1) is 10.2 Å². The summed E-state index contributed by atoms with van der Waals surface area (Å²) in [6.07, 6.45) is 5.06. The van der Waals surface area contributed by atoms with E-state index in [2.05, 4.69) is 20.5 Å². The molecule has 1 aliphatic rings. The van der Waals surface area contributed by atoms with Crippen LogP contribution in [0.2, 0.25) is 0 Å². The van der Waals surface area contributed by atoms with E-state index in [1.54, 1.807) is 24.4 Å². The zero-order valence-corrected chi connectivity index (χ0v) is 16.4. The van der Waals surface area contributed by atoms with Crippen molar-refractivity contribution < 1.29 is 9.72 Å². The number of carbonyl (C=O) groups excluding carboxylic acids is 1. The number of hydrogen-bond acceptors (Lipinski definition) is 7. The number of para-hydroxylation sites is 2. The van der Waals surface area contributed by atoms with Gasteiger partial charge in [0.25, 0.3) is 5.69 Å². The Morgan fingerprint density at radius 2 is 1.97 bits per heavy atom. The van der Waals surface area contributed by atoms with Crippen LogP contribution < -0.4 is 10.2 Å². The van der Waals surface area contributed by atoms with Gasteiger partial charge >= 0.3 is 0 Å². The van der Waals surface area contributed by atoms with E-state index in [1.165, 1.54) is 6.07 Å². The molecule has 1 atom stereocenters. The van der Waals surface area contributed by atoms with Gasteiger partial charge in [-0.2, -0.15) is 0 Å². The second-order valence-electron chi connectivity index (χ2n) is 7.14. The topological polar surface area (TPSA) is 119 Å². The van der Waals surface area contributed by atoms with E-state index in [0.29, 0.717) is 24.6 Å². The van der Waals surface area contributed by atoms with Gasteiger partial charge in [0.05, 0.1) is 10.8 Å². The zero-order chi connectivity index (χ0) is 21.1. The number of anilines is 2. The van der Waals surface area contributed by atoms with Crippen LogP contribution in [0, 0.1) is 23.0 Å². The summed E-state index contributed by atoms with van der Waals surface area (Å²) < 4.78 is 1.84. The van der Waals surface area contributed by atoms with Gasteiger partial charge in [0, 0.05) is 31.5 Å². The summed E-state index contributed by atoms with van der Waals surface area (Å²) in [4.78, 5) is 29.6. The van der Waals surface area contributed by atoms with Gasteiger partial charge in [0.1, 0.15) is 11.5 Å². The first-order valence-electron chi connectivity index (χ1n) is 9.66. The first-order chi connectivity index (χ1) is 14.5. The maximum atomic E-state index is 12.8. The molecular weight excluding hydrogens is 386 g/mol. The molecule has 0 aliphatic carbocycles. The summed E-state index contributed by atoms with van der Waals surface area (Å²) in [5.41, 5.74) is 0.0965. The van der Waals surface area contributed by atoms with E-state index in [1.807, 2.05) is 34.7 Å². The molecule has 1 amide bonds. The highest BCUT2D eigenvalue weighted by Gasteiger charge is 2.28. The van der Waals surface area contributed by atoms with Crippen molar-refractivity contribution in [3.05, 3.63) is 64.7 Å². The number of nitrogens with one attached hydrogen (secondary N) is 1. The monoisotopic (exact) mass is 407 g/mol. The molecule has 3 heterocycles. The molecule has 0 radical (unpaired) electrons. The molecule has 0 bridgehead atoms. The first kappa shape index (κ1) is 19.5. The third-order valence-corrected chi connectivity index (χ3v) is 5.18. The third-order valence-electron chi connectivity index (χ3n) is 5.18. The molecule has 4 rings (SSSR count). The Kier molecular flexibility index (Phi) is 5.38. The van der Waals surface area contributed by atoms with Crippen molar-refractivity contribution in [3.8, 4) is 5.82 Å². The maximum Gasteiger partial charge on any atom is 0.292 e. The highest BCUT2D eigenvalue weighted by atomic mass is 16.6. The Labute approximate surface area is 172 Å². The molecular formula is C20H21N7O3. The molecule has 1 saturated heterocycles. The van der Waals surface area contributed by atoms with Crippen molar-refractivity contribution in [1.82, 2.24) is 19.7 Å². The van der Waals surface area contributed by atoms with Crippen molar-refractivity contribution in [2.24, 2.45) is 5.92 Å². The number of aryl methyl sites for hydroxylation is 1. The van der Waals surface area contributed by atoms with Crippen LogP contribution >= 0.6 is 0 Å². The van der Waals surface area contributed by atoms with E-state index in [-0.39, 0.29) is 23.2 Å². The molecule has 30 heavy (non-hydrogen) atoms. The highest BCUT2D eigenvalue weighted by Crippen LogP contribution is 2.26. The fourth-order valence-corrected chi connectivity index (χ4v) is 3.61. The Hall–Kier alpha value is -3.82. The van der Waals surface area contributed by atoms with E-state index >= 15 is 0 Å². The van der Waals surface area contributed by atoms with Gasteiger partial charge in [-0.1, -0.05) is 12.1 Å². The number of rotatable bonds is 5. The summed E-state index contributed by atoms with van der Waals surface area (Å²) in [6.45, 7) is 3.14. The van der Waals surface area contributed by atoms with Crippen molar-refractivity contribution in [2.75, 3.05) is 23.3 Å². The average molecular weight is 407 g/mol. The van der Waals surface area contributed by atoms with Gasteiger partial charge in [-0.25, -0.2) is 4.98 Å². The molecule has 0 saturated carbocycles. The second-order valence-corrected chi connectivity index (χ2v) is 7.14. The molecule has 154 valence electrons. The Morgan fingerprint density at radius 3 is 2.67 bits per heavy atom. The van der Waals surface area contributed by atoms with Gasteiger partial charge in [-0.3, -0.25) is 19.5 Å². The van der Waals surface area contributed by atoms with Crippen molar-refractivity contribution >= 4 is 23.1 Å². The quantitative estimate of drug-likeness (QED) is 0.510. The lowest BCUT2D eigenvalue weighted by molar-refractivity contribution is -0.383. The number of carbonyl (C=O) groups is 1. The van der Waals surface area contributed by atoms with Crippen LogP contribution in [-0.2, 0) is 4.79 Å². The number of nitro benzene ring substituents is 1. The Bertz CT molecular complexity index is 1060. The molecule has 1 N–H and O–H groups in total. The van der Waals surface area contributed by atoms with E-state index in [0.717, 1.165) is 18.8 Å². The fourth-order valence-electron chi connectivity index (χ4n) is 3.61. The van der Waals surface area contributed by atoms with Crippen LogP contribution in [-0.4, -0.2) is 43.7 Å². The highest BCUT2D eigenvalue weighted by molar-refractivity contribution is 5.95. The minimum atomic E-state index is -0.498. The normalized spacial score (nSPS) is 16.3. The smallest absolute Gasteiger partial charge is 0.292 e. The number of amides is 1. The Morgan fingerprint density at radius 1 is 1.20 bits per heavy atom. The van der Waals surface area contributed by atoms with Crippen LogP contribution in [0.5, 0.6) is 0 Å². The maximum absolute atomic E-state index is 12.8. The first-order valence-corrected chi connectivity index (χ1v) is 9.66. The molecule has 2 aromatic heterocycles.